The molecule has 5 heteroatoms. The SMILES string of the molecule is CC/C(O[Si](C)(C)C)=C(\C)C(=O)O[Si](C)(C)C. The van der Waals surface area contributed by atoms with E-state index < -0.39 is 16.6 Å². The van der Waals surface area contributed by atoms with Crippen LogP contribution in [0.25, 0.3) is 0 Å². The van der Waals surface area contributed by atoms with Crippen molar-refractivity contribution in [1.29, 1.82) is 0 Å². The van der Waals surface area contributed by atoms with E-state index >= 15 is 0 Å². The zero-order chi connectivity index (χ0) is 13.9. The second-order valence-electron chi connectivity index (χ2n) is 6.12. The fourth-order valence-corrected chi connectivity index (χ4v) is 3.00. The lowest BCUT2D eigenvalue weighted by molar-refractivity contribution is -0.131. The molecule has 0 rings (SSSR count). The highest BCUT2D eigenvalue weighted by Gasteiger charge is 2.24. The zero-order valence-corrected chi connectivity index (χ0v) is 14.4. The van der Waals surface area contributed by atoms with Gasteiger partial charge in [-0.25, -0.2) is 4.79 Å². The summed E-state index contributed by atoms with van der Waals surface area (Å²) in [5.41, 5.74) is 0.623. The van der Waals surface area contributed by atoms with E-state index in [0.717, 1.165) is 12.2 Å². The van der Waals surface area contributed by atoms with Crippen LogP contribution in [0.3, 0.4) is 0 Å². The molecular weight excluding hydrogens is 248 g/mol. The molecule has 0 fully saturated rings. The van der Waals surface area contributed by atoms with Crippen molar-refractivity contribution in [2.24, 2.45) is 0 Å². The summed E-state index contributed by atoms with van der Waals surface area (Å²) in [5.74, 6) is 0.562. The monoisotopic (exact) mass is 274 g/mol. The minimum Gasteiger partial charge on any atom is -0.547 e. The van der Waals surface area contributed by atoms with E-state index in [1.807, 2.05) is 26.6 Å². The molecule has 0 aromatic carbocycles. The topological polar surface area (TPSA) is 35.5 Å². The Hall–Kier alpha value is -0.556. The highest BCUT2D eigenvalue weighted by molar-refractivity contribution is 6.71. The molecule has 0 aliphatic rings. The quantitative estimate of drug-likeness (QED) is 0.433. The maximum Gasteiger partial charge on any atom is 0.323 e. The van der Waals surface area contributed by atoms with Gasteiger partial charge >= 0.3 is 5.97 Å². The van der Waals surface area contributed by atoms with Crippen molar-refractivity contribution in [3.8, 4) is 0 Å². The summed E-state index contributed by atoms with van der Waals surface area (Å²) in [6, 6.07) is 0. The van der Waals surface area contributed by atoms with Gasteiger partial charge in [0.1, 0.15) is 0 Å². The molecule has 0 atom stereocenters. The van der Waals surface area contributed by atoms with Crippen LogP contribution in [-0.2, 0) is 13.6 Å². The fraction of sp³-hybridized carbons (Fsp3) is 0.750. The van der Waals surface area contributed by atoms with E-state index in [-0.39, 0.29) is 5.97 Å². The maximum absolute atomic E-state index is 11.9. The molecule has 17 heavy (non-hydrogen) atoms. The van der Waals surface area contributed by atoms with Gasteiger partial charge in [-0.05, 0) is 46.2 Å². The maximum atomic E-state index is 11.9. The zero-order valence-electron chi connectivity index (χ0n) is 12.4. The van der Waals surface area contributed by atoms with Gasteiger partial charge in [0.15, 0.2) is 0 Å². The minimum atomic E-state index is -1.83. The number of hydrogen-bond acceptors (Lipinski definition) is 3. The van der Waals surface area contributed by atoms with Gasteiger partial charge in [-0.1, -0.05) is 6.92 Å². The number of hydrogen-bond donors (Lipinski definition) is 0. The van der Waals surface area contributed by atoms with E-state index in [2.05, 4.69) is 19.6 Å². The Morgan fingerprint density at radius 1 is 0.941 bits per heavy atom. The van der Waals surface area contributed by atoms with Gasteiger partial charge in [0.05, 0.1) is 11.3 Å². The van der Waals surface area contributed by atoms with Gasteiger partial charge in [-0.15, -0.1) is 0 Å². The molecule has 0 aliphatic carbocycles. The lowest BCUT2D eigenvalue weighted by Gasteiger charge is -2.24. The molecule has 0 spiro atoms. The van der Waals surface area contributed by atoms with Crippen LogP contribution in [0.1, 0.15) is 20.3 Å². The molecule has 0 amide bonds. The van der Waals surface area contributed by atoms with Crippen molar-refractivity contribution in [2.45, 2.75) is 59.6 Å². The molecule has 0 bridgehead atoms. The lowest BCUT2D eigenvalue weighted by atomic mass is 10.2. The first-order chi connectivity index (χ1) is 7.46. The Kier molecular flexibility index (Phi) is 5.67. The first-order valence-electron chi connectivity index (χ1n) is 6.08. The fourth-order valence-electron chi connectivity index (χ4n) is 1.25. The smallest absolute Gasteiger partial charge is 0.323 e. The summed E-state index contributed by atoms with van der Waals surface area (Å²) >= 11 is 0. The van der Waals surface area contributed by atoms with Crippen LogP contribution in [0.4, 0.5) is 0 Å². The molecule has 0 aliphatic heterocycles. The highest BCUT2D eigenvalue weighted by Crippen LogP contribution is 2.19. The Morgan fingerprint density at radius 3 is 1.65 bits per heavy atom. The molecular formula is C12H26O3Si2. The Labute approximate surface area is 107 Å². The third kappa shape index (κ3) is 7.38. The Bertz CT molecular complexity index is 309. The normalized spacial score (nSPS) is 14.1. The van der Waals surface area contributed by atoms with E-state index in [4.69, 9.17) is 8.85 Å². The predicted octanol–water partition coefficient (Wildman–Crippen LogP) is 3.90. The van der Waals surface area contributed by atoms with E-state index in [1.165, 1.54) is 0 Å². The predicted molar refractivity (Wildman–Crippen MR) is 76.9 cm³/mol. The van der Waals surface area contributed by atoms with Crippen molar-refractivity contribution in [1.82, 2.24) is 0 Å². The summed E-state index contributed by atoms with van der Waals surface area (Å²) in [6.07, 6.45) is 0.733. The summed E-state index contributed by atoms with van der Waals surface area (Å²) in [6.45, 7) is 16.1. The number of rotatable bonds is 5. The van der Waals surface area contributed by atoms with Crippen molar-refractivity contribution in [2.75, 3.05) is 0 Å². The summed E-state index contributed by atoms with van der Waals surface area (Å²) < 4.78 is 11.4. The second kappa shape index (κ2) is 5.86. The number of carbonyl (C=O) groups excluding carboxylic acids is 1. The van der Waals surface area contributed by atoms with E-state index in [9.17, 15) is 4.79 Å². The van der Waals surface area contributed by atoms with Crippen LogP contribution in [0, 0.1) is 0 Å². The Morgan fingerprint density at radius 2 is 1.35 bits per heavy atom. The molecule has 0 aromatic rings. The molecule has 3 nitrogen and oxygen atoms in total. The lowest BCUT2D eigenvalue weighted by Crippen LogP contribution is -2.31. The van der Waals surface area contributed by atoms with Gasteiger partial charge in [-0.3, -0.25) is 0 Å². The van der Waals surface area contributed by atoms with Crippen LogP contribution >= 0.6 is 0 Å². The minimum absolute atomic E-state index is 0.223. The van der Waals surface area contributed by atoms with Gasteiger partial charge in [0.2, 0.25) is 16.6 Å². The molecule has 0 aromatic heterocycles. The van der Waals surface area contributed by atoms with Gasteiger partial charge in [0.25, 0.3) is 0 Å². The highest BCUT2D eigenvalue weighted by atomic mass is 28.4. The van der Waals surface area contributed by atoms with Gasteiger partial charge in [-0.2, -0.15) is 0 Å². The van der Waals surface area contributed by atoms with Crippen LogP contribution in [0.2, 0.25) is 39.3 Å². The summed E-state index contributed by atoms with van der Waals surface area (Å²) in [7, 11) is -3.49. The van der Waals surface area contributed by atoms with Crippen molar-refractivity contribution in [3.63, 3.8) is 0 Å². The molecule has 0 unspecified atom stereocenters. The standard InChI is InChI=1S/C12H26O3Si2/c1-9-11(14-16(3,4)5)10(2)12(13)15-17(6,7)8/h9H2,1-8H3/b11-10-. The van der Waals surface area contributed by atoms with Crippen LogP contribution < -0.4 is 0 Å². The van der Waals surface area contributed by atoms with Crippen molar-refractivity contribution < 1.29 is 13.6 Å². The molecule has 0 heterocycles. The third-order valence-electron chi connectivity index (χ3n) is 1.87. The molecule has 0 N–H and O–H groups in total. The van der Waals surface area contributed by atoms with Crippen LogP contribution in [0.15, 0.2) is 11.3 Å². The first kappa shape index (κ1) is 16.4. The van der Waals surface area contributed by atoms with E-state index in [0.29, 0.717) is 5.57 Å². The summed E-state index contributed by atoms with van der Waals surface area (Å²) in [5, 5.41) is 0. The second-order valence-corrected chi connectivity index (χ2v) is 15.0. The summed E-state index contributed by atoms with van der Waals surface area (Å²) in [4.78, 5) is 11.9. The third-order valence-corrected chi connectivity index (χ3v) is 3.53. The number of allylic oxidation sites excluding steroid dienone is 1. The molecule has 0 saturated heterocycles. The first-order valence-corrected chi connectivity index (χ1v) is 12.9. The van der Waals surface area contributed by atoms with Crippen LogP contribution in [0.5, 0.6) is 0 Å². The molecule has 0 radical (unpaired) electrons. The molecule has 100 valence electrons. The molecule has 0 saturated carbocycles. The number of carbonyl (C=O) groups is 1. The average Bonchev–Trinajstić information content (AvgIpc) is 2.08. The van der Waals surface area contributed by atoms with Gasteiger partial charge < -0.3 is 8.85 Å². The Balaban J connectivity index is 4.92. The average molecular weight is 275 g/mol. The van der Waals surface area contributed by atoms with Crippen molar-refractivity contribution >= 4 is 22.6 Å². The van der Waals surface area contributed by atoms with Crippen molar-refractivity contribution in [3.05, 3.63) is 11.3 Å². The van der Waals surface area contributed by atoms with E-state index in [1.54, 1.807) is 6.92 Å². The van der Waals surface area contributed by atoms with Gasteiger partial charge in [0, 0.05) is 6.42 Å². The largest absolute Gasteiger partial charge is 0.547 e. The van der Waals surface area contributed by atoms with Crippen LogP contribution in [-0.4, -0.2) is 22.6 Å².